The monoisotopic (exact) mass is 166 g/mol. The minimum atomic E-state index is 1.01. The van der Waals surface area contributed by atoms with Crippen molar-refractivity contribution in [2.75, 3.05) is 0 Å². The Labute approximate surface area is 77.4 Å². The van der Waals surface area contributed by atoms with Crippen molar-refractivity contribution >= 4 is 10.8 Å². The molecule has 0 N–H and O–H groups in total. The van der Waals surface area contributed by atoms with Crippen LogP contribution in [0.15, 0.2) is 30.5 Å². The van der Waals surface area contributed by atoms with Crippen molar-refractivity contribution in [3.63, 3.8) is 0 Å². The number of aromatic nitrogens is 1. The third-order valence-corrected chi connectivity index (χ3v) is 1.84. The molecule has 0 saturated carbocycles. The van der Waals surface area contributed by atoms with Crippen LogP contribution in [0.2, 0.25) is 0 Å². The first-order chi connectivity index (χ1) is 6.40. The largest absolute Gasteiger partial charge is 0.254 e. The minimum Gasteiger partial charge on any atom is -0.254 e. The lowest BCUT2D eigenvalue weighted by Gasteiger charge is -1.95. The Kier molecular flexibility index (Phi) is 1.97. The number of nitrogens with zero attached hydrogens (tertiary/aromatic N) is 1. The van der Waals surface area contributed by atoms with Crippen LogP contribution in [0.25, 0.3) is 10.8 Å². The van der Waals surface area contributed by atoms with E-state index in [0.717, 1.165) is 16.3 Å². The summed E-state index contributed by atoms with van der Waals surface area (Å²) in [6, 6.07) is 8.01. The molecule has 0 spiro atoms. The van der Waals surface area contributed by atoms with Gasteiger partial charge in [0.25, 0.3) is 0 Å². The standard InChI is InChI=1S/C12H8N/c1-2-3-10-4-5-11-6-7-13-9-12(11)8-10/h4-8H,1H3. The van der Waals surface area contributed by atoms with Gasteiger partial charge in [0.05, 0.1) is 6.20 Å². The summed E-state index contributed by atoms with van der Waals surface area (Å²) in [6.07, 6.45) is 4.68. The van der Waals surface area contributed by atoms with E-state index in [1.165, 1.54) is 0 Å². The lowest BCUT2D eigenvalue weighted by atomic mass is 10.1. The fraction of sp³-hybridized carbons (Fsp3) is 0.0833. The Morgan fingerprint density at radius 2 is 2.23 bits per heavy atom. The molecule has 0 unspecified atom stereocenters. The molecule has 0 aliphatic heterocycles. The third-order valence-electron chi connectivity index (χ3n) is 1.84. The highest BCUT2D eigenvalue weighted by atomic mass is 14.6. The van der Waals surface area contributed by atoms with Crippen LogP contribution in [-0.2, 0) is 0 Å². The summed E-state index contributed by atoms with van der Waals surface area (Å²) in [5, 5.41) is 2.17. The summed E-state index contributed by atoms with van der Waals surface area (Å²) in [4.78, 5) is 3.94. The molecule has 1 aromatic carbocycles. The van der Waals surface area contributed by atoms with Gasteiger partial charge in [-0.3, -0.25) is 4.98 Å². The predicted molar refractivity (Wildman–Crippen MR) is 53.1 cm³/mol. The van der Waals surface area contributed by atoms with E-state index < -0.39 is 0 Å². The molecule has 0 saturated heterocycles. The van der Waals surface area contributed by atoms with Gasteiger partial charge < -0.3 is 0 Å². The molecule has 0 fully saturated rings. The zero-order valence-electron chi connectivity index (χ0n) is 7.33. The first kappa shape index (κ1) is 7.82. The fourth-order valence-corrected chi connectivity index (χ4v) is 1.24. The number of hydrogen-bond acceptors (Lipinski definition) is 1. The van der Waals surface area contributed by atoms with Crippen molar-refractivity contribution in [3.05, 3.63) is 42.2 Å². The second-order valence-corrected chi connectivity index (χ2v) is 2.73. The molecule has 1 aromatic heterocycles. The van der Waals surface area contributed by atoms with Crippen molar-refractivity contribution in [3.8, 4) is 11.8 Å². The first-order valence-corrected chi connectivity index (χ1v) is 4.09. The zero-order valence-corrected chi connectivity index (χ0v) is 7.33. The number of hydrogen-bond donors (Lipinski definition) is 0. The Hall–Kier alpha value is -1.81. The summed E-state index contributed by atoms with van der Waals surface area (Å²) < 4.78 is 0. The third kappa shape index (κ3) is 1.52. The summed E-state index contributed by atoms with van der Waals surface area (Å²) in [5.41, 5.74) is 1.01. The second-order valence-electron chi connectivity index (χ2n) is 2.73. The molecule has 0 aliphatic carbocycles. The van der Waals surface area contributed by atoms with Gasteiger partial charge in [-0.25, -0.2) is 0 Å². The van der Waals surface area contributed by atoms with Gasteiger partial charge in [-0.05, 0) is 30.5 Å². The van der Waals surface area contributed by atoms with Gasteiger partial charge in [-0.15, -0.1) is 5.92 Å². The van der Waals surface area contributed by atoms with Crippen molar-refractivity contribution < 1.29 is 0 Å². The first-order valence-electron chi connectivity index (χ1n) is 4.09. The van der Waals surface area contributed by atoms with Gasteiger partial charge in [0.2, 0.25) is 0 Å². The molecule has 0 aliphatic rings. The van der Waals surface area contributed by atoms with E-state index in [1.54, 1.807) is 6.20 Å². The topological polar surface area (TPSA) is 12.9 Å². The highest BCUT2D eigenvalue weighted by Gasteiger charge is 1.93. The fourth-order valence-electron chi connectivity index (χ4n) is 1.24. The van der Waals surface area contributed by atoms with Crippen LogP contribution in [-0.4, -0.2) is 4.98 Å². The van der Waals surface area contributed by atoms with E-state index in [0.29, 0.717) is 0 Å². The second kappa shape index (κ2) is 3.28. The van der Waals surface area contributed by atoms with Crippen molar-refractivity contribution in [1.29, 1.82) is 0 Å². The number of rotatable bonds is 0. The van der Waals surface area contributed by atoms with Crippen molar-refractivity contribution in [1.82, 2.24) is 4.98 Å². The van der Waals surface area contributed by atoms with Gasteiger partial charge >= 0.3 is 0 Å². The van der Waals surface area contributed by atoms with Crippen molar-refractivity contribution in [2.24, 2.45) is 0 Å². The molecule has 1 heterocycles. The average molecular weight is 166 g/mol. The maximum atomic E-state index is 3.94. The molecular formula is C12H8N. The predicted octanol–water partition coefficient (Wildman–Crippen LogP) is 2.41. The van der Waals surface area contributed by atoms with Crippen LogP contribution in [0.1, 0.15) is 12.5 Å². The van der Waals surface area contributed by atoms with E-state index >= 15 is 0 Å². The maximum absolute atomic E-state index is 3.94. The van der Waals surface area contributed by atoms with E-state index in [-0.39, 0.29) is 0 Å². The Balaban J connectivity index is 2.66. The van der Waals surface area contributed by atoms with Gasteiger partial charge in [0.1, 0.15) is 0 Å². The molecule has 1 heteroatoms. The lowest BCUT2D eigenvalue weighted by molar-refractivity contribution is 1.35. The summed E-state index contributed by atoms with van der Waals surface area (Å²) in [5.74, 6) is 5.87. The SMILES string of the molecule is CC#Cc1ccc2ccn[c]c2c1. The number of pyridine rings is 1. The average Bonchev–Trinajstić information content (AvgIpc) is 2.18. The number of fused-ring (bicyclic) bond motifs is 1. The summed E-state index contributed by atoms with van der Waals surface area (Å²) in [6.45, 7) is 1.83. The molecule has 0 atom stereocenters. The highest BCUT2D eigenvalue weighted by molar-refractivity contribution is 5.82. The molecule has 0 bridgehead atoms. The smallest absolute Gasteiger partial charge is 0.0971 e. The van der Waals surface area contributed by atoms with Gasteiger partial charge in [0, 0.05) is 17.1 Å². The van der Waals surface area contributed by atoms with Gasteiger partial charge in [-0.2, -0.15) is 0 Å². The van der Waals surface area contributed by atoms with Crippen LogP contribution in [0.5, 0.6) is 0 Å². The van der Waals surface area contributed by atoms with Crippen molar-refractivity contribution in [2.45, 2.75) is 6.92 Å². The van der Waals surface area contributed by atoms with Crippen LogP contribution in [0, 0.1) is 18.0 Å². The molecule has 2 aromatic rings. The summed E-state index contributed by atoms with van der Waals surface area (Å²) >= 11 is 0. The molecule has 1 radical (unpaired) electrons. The number of benzene rings is 1. The normalized spacial score (nSPS) is 9.31. The van der Waals surface area contributed by atoms with Crippen LogP contribution >= 0.6 is 0 Å². The molecule has 13 heavy (non-hydrogen) atoms. The summed E-state index contributed by atoms with van der Waals surface area (Å²) in [7, 11) is 0. The molecular weight excluding hydrogens is 158 g/mol. The quantitative estimate of drug-likeness (QED) is 0.548. The Bertz CT molecular complexity index is 489. The van der Waals surface area contributed by atoms with Crippen LogP contribution < -0.4 is 0 Å². The Morgan fingerprint density at radius 3 is 3.08 bits per heavy atom. The van der Waals surface area contributed by atoms with Gasteiger partial charge in [-0.1, -0.05) is 12.0 Å². The zero-order chi connectivity index (χ0) is 9.10. The Morgan fingerprint density at radius 1 is 1.31 bits per heavy atom. The molecule has 2 rings (SSSR count). The maximum Gasteiger partial charge on any atom is 0.0971 e. The molecule has 61 valence electrons. The lowest BCUT2D eigenvalue weighted by Crippen LogP contribution is -1.78. The molecule has 1 nitrogen and oxygen atoms in total. The van der Waals surface area contributed by atoms with E-state index in [2.05, 4.69) is 23.0 Å². The van der Waals surface area contributed by atoms with E-state index in [9.17, 15) is 0 Å². The molecule has 0 amide bonds. The minimum absolute atomic E-state index is 1.01. The van der Waals surface area contributed by atoms with Crippen LogP contribution in [0.3, 0.4) is 0 Å². The van der Waals surface area contributed by atoms with E-state index in [4.69, 9.17) is 0 Å². The van der Waals surface area contributed by atoms with E-state index in [1.807, 2.05) is 31.2 Å². The van der Waals surface area contributed by atoms with Gasteiger partial charge in [0.15, 0.2) is 0 Å². The highest BCUT2D eigenvalue weighted by Crippen LogP contribution is 2.12. The van der Waals surface area contributed by atoms with Crippen LogP contribution in [0.4, 0.5) is 0 Å².